The maximum atomic E-state index is 4.39. The molecule has 0 bridgehead atoms. The number of aromatic nitrogens is 4. The highest BCUT2D eigenvalue weighted by Gasteiger charge is 2.10. The number of rotatable bonds is 4. The number of nitrogens with one attached hydrogen (secondary N) is 2. The average molecular weight is 246 g/mol. The highest BCUT2D eigenvalue weighted by Crippen LogP contribution is 2.23. The lowest BCUT2D eigenvalue weighted by atomic mass is 10.2. The standard InChI is InChI=1S/C12H18N6/c1-5-9-10(6-18(4)17-9)16-12-8(2)11(13-3)14-7-15-12/h6-7H,5H2,1-4H3,(H2,13,14,15,16). The van der Waals surface area contributed by atoms with Gasteiger partial charge in [0.1, 0.15) is 18.0 Å². The lowest BCUT2D eigenvalue weighted by Gasteiger charge is -2.10. The Morgan fingerprint density at radius 1 is 1.28 bits per heavy atom. The van der Waals surface area contributed by atoms with Crippen molar-refractivity contribution >= 4 is 17.3 Å². The lowest BCUT2D eigenvalue weighted by Crippen LogP contribution is -2.03. The molecule has 6 nitrogen and oxygen atoms in total. The lowest BCUT2D eigenvalue weighted by molar-refractivity contribution is 0.746. The maximum Gasteiger partial charge on any atom is 0.138 e. The van der Waals surface area contributed by atoms with Crippen LogP contribution in [0.15, 0.2) is 12.5 Å². The van der Waals surface area contributed by atoms with E-state index in [9.17, 15) is 0 Å². The molecule has 0 aliphatic heterocycles. The molecule has 2 rings (SSSR count). The van der Waals surface area contributed by atoms with Gasteiger partial charge < -0.3 is 10.6 Å². The van der Waals surface area contributed by atoms with Crippen molar-refractivity contribution in [2.24, 2.45) is 7.05 Å². The largest absolute Gasteiger partial charge is 0.373 e. The fraction of sp³-hybridized carbons (Fsp3) is 0.417. The summed E-state index contributed by atoms with van der Waals surface area (Å²) in [5.41, 5.74) is 3.01. The van der Waals surface area contributed by atoms with Gasteiger partial charge in [0, 0.05) is 25.9 Å². The molecular formula is C12H18N6. The zero-order chi connectivity index (χ0) is 13.1. The molecule has 6 heteroatoms. The first-order valence-electron chi connectivity index (χ1n) is 5.94. The Morgan fingerprint density at radius 3 is 2.67 bits per heavy atom. The number of hydrogen-bond acceptors (Lipinski definition) is 5. The molecule has 0 spiro atoms. The van der Waals surface area contributed by atoms with Crippen LogP contribution in [-0.4, -0.2) is 26.8 Å². The van der Waals surface area contributed by atoms with E-state index in [4.69, 9.17) is 0 Å². The Bertz CT molecular complexity index is 545. The minimum Gasteiger partial charge on any atom is -0.373 e. The molecule has 2 heterocycles. The third-order valence-electron chi connectivity index (χ3n) is 2.81. The van der Waals surface area contributed by atoms with Gasteiger partial charge in [0.05, 0.1) is 11.4 Å². The van der Waals surface area contributed by atoms with Crippen molar-refractivity contribution in [3.8, 4) is 0 Å². The van der Waals surface area contributed by atoms with E-state index in [1.165, 1.54) is 0 Å². The second-order valence-electron chi connectivity index (χ2n) is 4.09. The van der Waals surface area contributed by atoms with Crippen LogP contribution in [0, 0.1) is 6.92 Å². The highest BCUT2D eigenvalue weighted by atomic mass is 15.3. The van der Waals surface area contributed by atoms with Gasteiger partial charge in [0.25, 0.3) is 0 Å². The van der Waals surface area contributed by atoms with Crippen molar-refractivity contribution < 1.29 is 0 Å². The molecule has 0 saturated heterocycles. The first kappa shape index (κ1) is 12.3. The molecule has 0 saturated carbocycles. The van der Waals surface area contributed by atoms with Gasteiger partial charge in [0.2, 0.25) is 0 Å². The zero-order valence-corrected chi connectivity index (χ0v) is 11.2. The number of hydrogen-bond donors (Lipinski definition) is 2. The van der Waals surface area contributed by atoms with E-state index < -0.39 is 0 Å². The second-order valence-corrected chi connectivity index (χ2v) is 4.09. The van der Waals surface area contributed by atoms with Crippen molar-refractivity contribution in [1.82, 2.24) is 19.7 Å². The van der Waals surface area contributed by atoms with E-state index in [-0.39, 0.29) is 0 Å². The smallest absolute Gasteiger partial charge is 0.138 e. The van der Waals surface area contributed by atoms with Crippen LogP contribution in [0.3, 0.4) is 0 Å². The van der Waals surface area contributed by atoms with Crippen LogP contribution in [0.1, 0.15) is 18.2 Å². The molecule has 0 atom stereocenters. The van der Waals surface area contributed by atoms with Crippen molar-refractivity contribution in [3.05, 3.63) is 23.8 Å². The normalized spacial score (nSPS) is 10.4. The summed E-state index contributed by atoms with van der Waals surface area (Å²) in [6, 6.07) is 0. The summed E-state index contributed by atoms with van der Waals surface area (Å²) in [4.78, 5) is 8.43. The van der Waals surface area contributed by atoms with E-state index >= 15 is 0 Å². The number of anilines is 3. The van der Waals surface area contributed by atoms with Gasteiger partial charge in [-0.05, 0) is 13.3 Å². The van der Waals surface area contributed by atoms with E-state index in [0.717, 1.165) is 35.0 Å². The molecule has 2 aromatic rings. The van der Waals surface area contributed by atoms with Gasteiger partial charge in [-0.1, -0.05) is 6.92 Å². The van der Waals surface area contributed by atoms with Crippen LogP contribution < -0.4 is 10.6 Å². The molecule has 2 aromatic heterocycles. The van der Waals surface area contributed by atoms with E-state index in [0.29, 0.717) is 0 Å². The van der Waals surface area contributed by atoms with Crippen LogP contribution in [-0.2, 0) is 13.5 Å². The molecule has 0 fully saturated rings. The molecule has 0 aliphatic carbocycles. The minimum absolute atomic E-state index is 0.803. The first-order chi connectivity index (χ1) is 8.65. The summed E-state index contributed by atoms with van der Waals surface area (Å²) in [6.07, 6.45) is 4.38. The number of aryl methyl sites for hydroxylation is 2. The quantitative estimate of drug-likeness (QED) is 0.862. The van der Waals surface area contributed by atoms with E-state index in [1.807, 2.05) is 27.2 Å². The van der Waals surface area contributed by atoms with Gasteiger partial charge in [0.15, 0.2) is 0 Å². The SMILES string of the molecule is CCc1nn(C)cc1Nc1ncnc(NC)c1C. The molecule has 0 amide bonds. The average Bonchev–Trinajstić information content (AvgIpc) is 2.72. The third-order valence-corrected chi connectivity index (χ3v) is 2.81. The summed E-state index contributed by atoms with van der Waals surface area (Å²) in [5, 5.41) is 10.7. The maximum absolute atomic E-state index is 4.39. The summed E-state index contributed by atoms with van der Waals surface area (Å²) >= 11 is 0. The predicted octanol–water partition coefficient (Wildman–Crippen LogP) is 1.87. The Morgan fingerprint density at radius 2 is 2.00 bits per heavy atom. The topological polar surface area (TPSA) is 67.7 Å². The predicted molar refractivity (Wildman–Crippen MR) is 72.2 cm³/mol. The highest BCUT2D eigenvalue weighted by molar-refractivity contribution is 5.65. The summed E-state index contributed by atoms with van der Waals surface area (Å²) in [6.45, 7) is 4.07. The third kappa shape index (κ3) is 2.27. The molecule has 0 radical (unpaired) electrons. The fourth-order valence-corrected chi connectivity index (χ4v) is 1.86. The molecule has 2 N–H and O–H groups in total. The van der Waals surface area contributed by atoms with E-state index in [2.05, 4.69) is 32.6 Å². The molecule has 96 valence electrons. The van der Waals surface area contributed by atoms with Crippen molar-refractivity contribution in [1.29, 1.82) is 0 Å². The van der Waals surface area contributed by atoms with Crippen LogP contribution in [0.25, 0.3) is 0 Å². The van der Waals surface area contributed by atoms with Gasteiger partial charge in [-0.3, -0.25) is 4.68 Å². The zero-order valence-electron chi connectivity index (χ0n) is 11.2. The summed E-state index contributed by atoms with van der Waals surface area (Å²) in [7, 11) is 3.76. The molecule has 0 unspecified atom stereocenters. The second kappa shape index (κ2) is 5.03. The Labute approximate surface area is 106 Å². The molecule has 0 aromatic carbocycles. The molecule has 18 heavy (non-hydrogen) atoms. The van der Waals surface area contributed by atoms with Gasteiger partial charge >= 0.3 is 0 Å². The van der Waals surface area contributed by atoms with Crippen molar-refractivity contribution in [2.75, 3.05) is 17.7 Å². The minimum atomic E-state index is 0.803. The van der Waals surface area contributed by atoms with E-state index in [1.54, 1.807) is 11.0 Å². The Hall–Kier alpha value is -2.11. The van der Waals surface area contributed by atoms with Crippen LogP contribution in [0.4, 0.5) is 17.3 Å². The summed E-state index contributed by atoms with van der Waals surface area (Å²) in [5.74, 6) is 1.63. The molecular weight excluding hydrogens is 228 g/mol. The fourth-order valence-electron chi connectivity index (χ4n) is 1.86. The number of nitrogens with zero attached hydrogens (tertiary/aromatic N) is 4. The van der Waals surface area contributed by atoms with Gasteiger partial charge in [-0.25, -0.2) is 9.97 Å². The Kier molecular flexibility index (Phi) is 3.45. The first-order valence-corrected chi connectivity index (χ1v) is 5.94. The van der Waals surface area contributed by atoms with Gasteiger partial charge in [-0.2, -0.15) is 5.10 Å². The molecule has 0 aliphatic rings. The summed E-state index contributed by atoms with van der Waals surface area (Å²) < 4.78 is 1.80. The van der Waals surface area contributed by atoms with Crippen molar-refractivity contribution in [2.45, 2.75) is 20.3 Å². The monoisotopic (exact) mass is 246 g/mol. The Balaban J connectivity index is 2.33. The van der Waals surface area contributed by atoms with Crippen LogP contribution in [0.5, 0.6) is 0 Å². The van der Waals surface area contributed by atoms with Crippen molar-refractivity contribution in [3.63, 3.8) is 0 Å². The van der Waals surface area contributed by atoms with Crippen LogP contribution >= 0.6 is 0 Å². The van der Waals surface area contributed by atoms with Gasteiger partial charge in [-0.15, -0.1) is 0 Å². The van der Waals surface area contributed by atoms with Crippen LogP contribution in [0.2, 0.25) is 0 Å².